The summed E-state index contributed by atoms with van der Waals surface area (Å²) < 4.78 is 16.1. The van der Waals surface area contributed by atoms with Crippen molar-refractivity contribution in [2.75, 3.05) is 30.9 Å². The Morgan fingerprint density at radius 3 is 2.50 bits per heavy atom. The number of fused-ring (bicyclic) bond motifs is 1. The van der Waals surface area contributed by atoms with Crippen LogP contribution in [0.4, 0.5) is 5.95 Å². The molecule has 0 bridgehead atoms. The minimum Gasteiger partial charge on any atom is -0.340 e. The highest BCUT2D eigenvalue weighted by Crippen LogP contribution is 2.52. The quantitative estimate of drug-likeness (QED) is 0.820. The molecule has 1 aliphatic heterocycles. The Hall–Kier alpha value is -1.01. The molecule has 0 amide bonds. The average molecular weight is 293 g/mol. The van der Waals surface area contributed by atoms with Crippen LogP contribution >= 0.6 is 0 Å². The molecule has 2 heterocycles. The minimum atomic E-state index is -1.14. The highest BCUT2D eigenvalue weighted by molar-refractivity contribution is 7.79. The second kappa shape index (κ2) is 4.77. The molecule has 0 N–H and O–H groups in total. The molecular weight excluding hydrogens is 274 g/mol. The van der Waals surface area contributed by atoms with Gasteiger partial charge in [0.05, 0.1) is 6.61 Å². The molecule has 3 aliphatic rings. The molecule has 3 fully saturated rings. The first-order valence-corrected chi connectivity index (χ1v) is 8.74. The molecule has 20 heavy (non-hydrogen) atoms. The zero-order valence-corrected chi connectivity index (χ0v) is 12.4. The predicted octanol–water partition coefficient (Wildman–Crippen LogP) is 1.35. The van der Waals surface area contributed by atoms with Crippen molar-refractivity contribution in [2.45, 2.75) is 18.8 Å². The minimum absolute atomic E-state index is 0.584. The SMILES string of the molecule is CS(=O)OC[C@@H]1[C@H]2CN(c3ncc(C4CC4)cn3)C[C@@H]12. The van der Waals surface area contributed by atoms with Gasteiger partial charge >= 0.3 is 0 Å². The third-order valence-electron chi connectivity index (χ3n) is 4.79. The van der Waals surface area contributed by atoms with Gasteiger partial charge in [0.1, 0.15) is 0 Å². The topological polar surface area (TPSA) is 55.3 Å². The van der Waals surface area contributed by atoms with Gasteiger partial charge in [-0.1, -0.05) is 0 Å². The lowest BCUT2D eigenvalue weighted by atomic mass is 10.2. The van der Waals surface area contributed by atoms with E-state index < -0.39 is 11.1 Å². The van der Waals surface area contributed by atoms with E-state index >= 15 is 0 Å². The van der Waals surface area contributed by atoms with Crippen LogP contribution in [0.15, 0.2) is 12.4 Å². The van der Waals surface area contributed by atoms with Gasteiger partial charge in [-0.3, -0.25) is 4.18 Å². The van der Waals surface area contributed by atoms with Crippen LogP contribution in [0.5, 0.6) is 0 Å². The van der Waals surface area contributed by atoms with Gasteiger partial charge in [-0.25, -0.2) is 14.2 Å². The van der Waals surface area contributed by atoms with Gasteiger partial charge in [0.25, 0.3) is 0 Å². The Morgan fingerprint density at radius 2 is 1.95 bits per heavy atom. The van der Waals surface area contributed by atoms with Gasteiger partial charge in [-0.2, -0.15) is 0 Å². The number of rotatable bonds is 5. The predicted molar refractivity (Wildman–Crippen MR) is 76.7 cm³/mol. The summed E-state index contributed by atoms with van der Waals surface area (Å²) in [6.45, 7) is 2.66. The molecule has 0 spiro atoms. The third-order valence-corrected chi connectivity index (χ3v) is 5.26. The van der Waals surface area contributed by atoms with Crippen LogP contribution in [0, 0.1) is 17.8 Å². The van der Waals surface area contributed by atoms with Crippen molar-refractivity contribution in [1.29, 1.82) is 0 Å². The van der Waals surface area contributed by atoms with E-state index in [2.05, 4.69) is 14.9 Å². The van der Waals surface area contributed by atoms with Crippen LogP contribution in [0.25, 0.3) is 0 Å². The zero-order valence-electron chi connectivity index (χ0n) is 11.6. The van der Waals surface area contributed by atoms with Crippen LogP contribution in [-0.2, 0) is 15.3 Å². The Bertz CT molecular complexity index is 520. The number of piperidine rings is 1. The van der Waals surface area contributed by atoms with Crippen molar-refractivity contribution < 1.29 is 8.39 Å². The number of hydrogen-bond acceptors (Lipinski definition) is 5. The summed E-state index contributed by atoms with van der Waals surface area (Å²) in [4.78, 5) is 11.3. The second-order valence-electron chi connectivity index (χ2n) is 6.17. The molecule has 2 aliphatic carbocycles. The van der Waals surface area contributed by atoms with E-state index in [1.807, 2.05) is 12.4 Å². The van der Waals surface area contributed by atoms with E-state index in [1.54, 1.807) is 6.26 Å². The zero-order chi connectivity index (χ0) is 13.7. The molecule has 108 valence electrons. The monoisotopic (exact) mass is 293 g/mol. The molecule has 1 aromatic heterocycles. The third kappa shape index (κ3) is 2.35. The molecule has 5 nitrogen and oxygen atoms in total. The lowest BCUT2D eigenvalue weighted by Gasteiger charge is -2.19. The first-order valence-electron chi connectivity index (χ1n) is 7.26. The maximum atomic E-state index is 10.9. The average Bonchev–Trinajstić information content (AvgIpc) is 3.35. The van der Waals surface area contributed by atoms with Crippen LogP contribution in [-0.4, -0.2) is 40.1 Å². The number of aromatic nitrogens is 2. The van der Waals surface area contributed by atoms with Gasteiger partial charge in [-0.15, -0.1) is 0 Å². The van der Waals surface area contributed by atoms with Gasteiger partial charge in [-0.05, 0) is 42.1 Å². The number of nitrogens with zero attached hydrogens (tertiary/aromatic N) is 3. The highest BCUT2D eigenvalue weighted by Gasteiger charge is 2.56. The Labute approximate surface area is 121 Å². The number of anilines is 1. The van der Waals surface area contributed by atoms with Crippen LogP contribution in [0.3, 0.4) is 0 Å². The summed E-state index contributed by atoms with van der Waals surface area (Å²) in [5, 5.41) is 0. The number of hydrogen-bond donors (Lipinski definition) is 0. The van der Waals surface area contributed by atoms with Gasteiger partial charge < -0.3 is 4.90 Å². The van der Waals surface area contributed by atoms with E-state index in [4.69, 9.17) is 4.18 Å². The van der Waals surface area contributed by atoms with Gasteiger partial charge in [0, 0.05) is 31.7 Å². The van der Waals surface area contributed by atoms with E-state index in [9.17, 15) is 4.21 Å². The van der Waals surface area contributed by atoms with Crippen molar-refractivity contribution in [3.8, 4) is 0 Å². The summed E-state index contributed by atoms with van der Waals surface area (Å²) in [5.74, 6) is 3.50. The van der Waals surface area contributed by atoms with Crippen LogP contribution in [0.1, 0.15) is 24.3 Å². The first kappa shape index (κ1) is 12.7. The molecular formula is C14H19N3O2S. The van der Waals surface area contributed by atoms with Crippen molar-refractivity contribution >= 4 is 17.0 Å². The lowest BCUT2D eigenvalue weighted by Crippen LogP contribution is -2.26. The van der Waals surface area contributed by atoms with Gasteiger partial charge in [0.2, 0.25) is 5.95 Å². The fraction of sp³-hybridized carbons (Fsp3) is 0.714. The molecule has 4 atom stereocenters. The highest BCUT2D eigenvalue weighted by atomic mass is 32.2. The molecule has 1 saturated heterocycles. The van der Waals surface area contributed by atoms with E-state index in [1.165, 1.54) is 18.4 Å². The summed E-state index contributed by atoms with van der Waals surface area (Å²) in [7, 11) is 0. The lowest BCUT2D eigenvalue weighted by molar-refractivity contribution is 0.311. The molecule has 2 saturated carbocycles. The van der Waals surface area contributed by atoms with E-state index in [0.29, 0.717) is 30.3 Å². The molecule has 0 aromatic carbocycles. The van der Waals surface area contributed by atoms with Crippen molar-refractivity contribution in [3.63, 3.8) is 0 Å². The largest absolute Gasteiger partial charge is 0.340 e. The molecule has 1 aromatic rings. The van der Waals surface area contributed by atoms with E-state index in [-0.39, 0.29) is 0 Å². The fourth-order valence-corrected chi connectivity index (χ4v) is 3.71. The summed E-state index contributed by atoms with van der Waals surface area (Å²) in [5.41, 5.74) is 1.29. The van der Waals surface area contributed by atoms with Crippen molar-refractivity contribution in [3.05, 3.63) is 18.0 Å². The maximum Gasteiger partial charge on any atom is 0.225 e. The summed E-state index contributed by atoms with van der Waals surface area (Å²) in [6.07, 6.45) is 8.14. The summed E-state index contributed by atoms with van der Waals surface area (Å²) >= 11 is -1.14. The molecule has 6 heteroatoms. The standard InChI is InChI=1S/C14H19N3O2S/c1-20(18)19-8-13-11-6-17(7-12(11)13)14-15-4-10(5-16-14)9-2-3-9/h4-5,9,11-13H,2-3,6-8H2,1H3/t11-,12+,13+,20?. The van der Waals surface area contributed by atoms with E-state index in [0.717, 1.165) is 19.0 Å². The Balaban J connectivity index is 1.33. The molecule has 4 rings (SSSR count). The maximum absolute atomic E-state index is 10.9. The second-order valence-corrected chi connectivity index (χ2v) is 7.21. The first-order chi connectivity index (χ1) is 9.72. The van der Waals surface area contributed by atoms with Crippen molar-refractivity contribution in [1.82, 2.24) is 9.97 Å². The smallest absolute Gasteiger partial charge is 0.225 e. The Morgan fingerprint density at radius 1 is 1.30 bits per heavy atom. The van der Waals surface area contributed by atoms with Gasteiger partial charge in [0.15, 0.2) is 11.1 Å². The Kier molecular flexibility index (Phi) is 3.03. The molecule has 1 unspecified atom stereocenters. The fourth-order valence-electron chi connectivity index (χ4n) is 3.36. The summed E-state index contributed by atoms with van der Waals surface area (Å²) in [6, 6.07) is 0. The van der Waals surface area contributed by atoms with Crippen LogP contribution in [0.2, 0.25) is 0 Å². The van der Waals surface area contributed by atoms with Crippen LogP contribution < -0.4 is 4.90 Å². The van der Waals surface area contributed by atoms with Crippen molar-refractivity contribution in [2.24, 2.45) is 17.8 Å². The normalized spacial score (nSPS) is 33.0. The molecule has 0 radical (unpaired) electrons.